The number of nitrogens with zero attached hydrogens (tertiary/aromatic N) is 4. The van der Waals surface area contributed by atoms with Gasteiger partial charge in [-0.1, -0.05) is 12.1 Å². The lowest BCUT2D eigenvalue weighted by Gasteiger charge is -2.21. The van der Waals surface area contributed by atoms with E-state index in [-0.39, 0.29) is 11.9 Å². The molecule has 2 aromatic heterocycles. The Bertz CT molecular complexity index is 942. The number of nitrogens with one attached hydrogen (secondary N) is 1. The van der Waals surface area contributed by atoms with E-state index in [1.54, 1.807) is 10.6 Å². The molecule has 6 heteroatoms. The SMILES string of the molecule is Cc1cc(NC(c2ccc(C3CC3)c(F)c2)C2CC2)n2ncnc2n1. The van der Waals surface area contributed by atoms with E-state index in [4.69, 9.17) is 0 Å². The van der Waals surface area contributed by atoms with Crippen LogP contribution in [0.5, 0.6) is 0 Å². The van der Waals surface area contributed by atoms with Gasteiger partial charge in [0.2, 0.25) is 0 Å². The Morgan fingerprint density at radius 3 is 2.76 bits per heavy atom. The molecule has 5 rings (SSSR count). The first kappa shape index (κ1) is 14.8. The van der Waals surface area contributed by atoms with Gasteiger partial charge in [0.25, 0.3) is 5.78 Å². The molecule has 3 aromatic rings. The fraction of sp³-hybridized carbons (Fsp3) is 0.421. The summed E-state index contributed by atoms with van der Waals surface area (Å²) in [7, 11) is 0. The second-order valence-corrected chi connectivity index (χ2v) is 7.27. The van der Waals surface area contributed by atoms with E-state index < -0.39 is 0 Å². The Hall–Kier alpha value is -2.50. The summed E-state index contributed by atoms with van der Waals surface area (Å²) >= 11 is 0. The molecule has 2 aliphatic carbocycles. The predicted octanol–water partition coefficient (Wildman–Crippen LogP) is 4.01. The topological polar surface area (TPSA) is 55.1 Å². The summed E-state index contributed by atoms with van der Waals surface area (Å²) in [6, 6.07) is 7.82. The predicted molar refractivity (Wildman–Crippen MR) is 93.0 cm³/mol. The van der Waals surface area contributed by atoms with Gasteiger partial charge in [-0.3, -0.25) is 0 Å². The molecule has 1 unspecified atom stereocenters. The molecular weight excluding hydrogens is 317 g/mol. The summed E-state index contributed by atoms with van der Waals surface area (Å²) in [4.78, 5) is 8.55. The average Bonchev–Trinajstić information content (AvgIpc) is 3.50. The molecular formula is C19H20FN5. The highest BCUT2D eigenvalue weighted by Crippen LogP contribution is 2.45. The molecule has 0 spiro atoms. The number of rotatable bonds is 5. The molecule has 25 heavy (non-hydrogen) atoms. The quantitative estimate of drug-likeness (QED) is 0.764. The number of aromatic nitrogens is 4. The Morgan fingerprint density at radius 2 is 2.04 bits per heavy atom. The van der Waals surface area contributed by atoms with Crippen molar-refractivity contribution in [2.75, 3.05) is 5.32 Å². The molecule has 0 amide bonds. The van der Waals surface area contributed by atoms with Crippen LogP contribution >= 0.6 is 0 Å². The van der Waals surface area contributed by atoms with Crippen LogP contribution in [0, 0.1) is 18.7 Å². The summed E-state index contributed by atoms with van der Waals surface area (Å²) in [6.45, 7) is 1.94. The molecule has 1 N–H and O–H groups in total. The van der Waals surface area contributed by atoms with E-state index in [9.17, 15) is 4.39 Å². The minimum Gasteiger partial charge on any atom is -0.363 e. The van der Waals surface area contributed by atoms with Gasteiger partial charge in [-0.05, 0) is 61.6 Å². The van der Waals surface area contributed by atoms with Crippen molar-refractivity contribution in [3.63, 3.8) is 0 Å². The maximum atomic E-state index is 14.5. The normalized spacial score (nSPS) is 18.5. The van der Waals surface area contributed by atoms with E-state index in [1.165, 1.54) is 6.33 Å². The third kappa shape index (κ3) is 2.75. The highest BCUT2D eigenvalue weighted by molar-refractivity contribution is 5.47. The van der Waals surface area contributed by atoms with Crippen LogP contribution in [0.15, 0.2) is 30.6 Å². The lowest BCUT2D eigenvalue weighted by Crippen LogP contribution is -2.16. The Balaban J connectivity index is 1.51. The number of hydrogen-bond donors (Lipinski definition) is 1. The highest BCUT2D eigenvalue weighted by atomic mass is 19.1. The molecule has 5 nitrogen and oxygen atoms in total. The third-order valence-corrected chi connectivity index (χ3v) is 5.18. The second kappa shape index (κ2) is 5.51. The van der Waals surface area contributed by atoms with Crippen molar-refractivity contribution in [3.05, 3.63) is 53.2 Å². The first-order chi connectivity index (χ1) is 12.2. The maximum absolute atomic E-state index is 14.5. The van der Waals surface area contributed by atoms with Crippen molar-refractivity contribution >= 4 is 11.6 Å². The maximum Gasteiger partial charge on any atom is 0.254 e. The minimum absolute atomic E-state index is 0.0655. The molecule has 0 saturated heterocycles. The summed E-state index contributed by atoms with van der Waals surface area (Å²) in [5.41, 5.74) is 2.76. The van der Waals surface area contributed by atoms with Crippen LogP contribution in [0.2, 0.25) is 0 Å². The molecule has 2 saturated carbocycles. The Morgan fingerprint density at radius 1 is 1.20 bits per heavy atom. The van der Waals surface area contributed by atoms with Crippen LogP contribution in [0.25, 0.3) is 5.78 Å². The van der Waals surface area contributed by atoms with E-state index in [0.717, 1.165) is 48.3 Å². The molecule has 1 aromatic carbocycles. The van der Waals surface area contributed by atoms with Crippen LogP contribution < -0.4 is 5.32 Å². The van der Waals surface area contributed by atoms with E-state index in [0.29, 0.717) is 17.6 Å². The van der Waals surface area contributed by atoms with Crippen LogP contribution in [-0.4, -0.2) is 19.6 Å². The van der Waals surface area contributed by atoms with Crippen LogP contribution in [0.4, 0.5) is 10.2 Å². The molecule has 1 atom stereocenters. The minimum atomic E-state index is -0.0655. The lowest BCUT2D eigenvalue weighted by atomic mass is 9.99. The van der Waals surface area contributed by atoms with Gasteiger partial charge in [0.15, 0.2) is 0 Å². The third-order valence-electron chi connectivity index (χ3n) is 5.18. The largest absolute Gasteiger partial charge is 0.363 e. The molecule has 2 heterocycles. The van der Waals surface area contributed by atoms with Gasteiger partial charge in [0, 0.05) is 11.8 Å². The molecule has 128 valence electrons. The van der Waals surface area contributed by atoms with Gasteiger partial charge in [0.05, 0.1) is 6.04 Å². The summed E-state index contributed by atoms with van der Waals surface area (Å²) in [6.07, 6.45) is 6.05. The first-order valence-corrected chi connectivity index (χ1v) is 8.92. The van der Waals surface area contributed by atoms with Gasteiger partial charge in [-0.2, -0.15) is 14.6 Å². The zero-order chi connectivity index (χ0) is 17.0. The first-order valence-electron chi connectivity index (χ1n) is 8.92. The number of anilines is 1. The Labute approximate surface area is 145 Å². The highest BCUT2D eigenvalue weighted by Gasteiger charge is 2.34. The lowest BCUT2D eigenvalue weighted by molar-refractivity contribution is 0.599. The van der Waals surface area contributed by atoms with Gasteiger partial charge < -0.3 is 5.32 Å². The van der Waals surface area contributed by atoms with Crippen molar-refractivity contribution in [1.29, 1.82) is 0 Å². The van der Waals surface area contributed by atoms with Crippen molar-refractivity contribution in [3.8, 4) is 0 Å². The van der Waals surface area contributed by atoms with Crippen molar-refractivity contribution < 1.29 is 4.39 Å². The number of fused-ring (bicyclic) bond motifs is 1. The van der Waals surface area contributed by atoms with Gasteiger partial charge in [0.1, 0.15) is 18.0 Å². The average molecular weight is 337 g/mol. The monoisotopic (exact) mass is 337 g/mol. The molecule has 0 aliphatic heterocycles. The van der Waals surface area contributed by atoms with E-state index >= 15 is 0 Å². The number of benzene rings is 1. The zero-order valence-corrected chi connectivity index (χ0v) is 14.1. The van der Waals surface area contributed by atoms with Crippen molar-refractivity contribution in [2.45, 2.75) is 44.6 Å². The van der Waals surface area contributed by atoms with E-state index in [1.807, 2.05) is 19.1 Å². The van der Waals surface area contributed by atoms with Gasteiger partial charge >= 0.3 is 0 Å². The zero-order valence-electron chi connectivity index (χ0n) is 14.1. The fourth-order valence-corrected chi connectivity index (χ4v) is 3.56. The van der Waals surface area contributed by atoms with Crippen LogP contribution in [0.1, 0.15) is 54.5 Å². The molecule has 0 bridgehead atoms. The van der Waals surface area contributed by atoms with Gasteiger partial charge in [-0.15, -0.1) is 0 Å². The number of aryl methyl sites for hydroxylation is 1. The second-order valence-electron chi connectivity index (χ2n) is 7.27. The van der Waals surface area contributed by atoms with Crippen LogP contribution in [-0.2, 0) is 0 Å². The van der Waals surface area contributed by atoms with Gasteiger partial charge in [-0.25, -0.2) is 9.37 Å². The van der Waals surface area contributed by atoms with Crippen LogP contribution in [0.3, 0.4) is 0 Å². The standard InChI is InChI=1S/C19H20FN5/c1-11-8-17(25-19(23-11)21-10-22-25)24-18(13-4-5-13)14-6-7-15(12-2-3-12)16(20)9-14/h6-10,12-13,18,24H,2-5H2,1H3. The number of hydrogen-bond acceptors (Lipinski definition) is 4. The smallest absolute Gasteiger partial charge is 0.254 e. The molecule has 2 aliphatic rings. The molecule has 0 radical (unpaired) electrons. The summed E-state index contributed by atoms with van der Waals surface area (Å²) in [5, 5.41) is 7.83. The summed E-state index contributed by atoms with van der Waals surface area (Å²) < 4.78 is 16.2. The summed E-state index contributed by atoms with van der Waals surface area (Å²) in [5.74, 6) is 2.32. The van der Waals surface area contributed by atoms with Crippen molar-refractivity contribution in [2.24, 2.45) is 5.92 Å². The molecule has 2 fully saturated rings. The fourth-order valence-electron chi connectivity index (χ4n) is 3.56. The van der Waals surface area contributed by atoms with E-state index in [2.05, 4.69) is 26.4 Å². The Kier molecular flexibility index (Phi) is 3.26. The van der Waals surface area contributed by atoms with Crippen molar-refractivity contribution in [1.82, 2.24) is 19.6 Å². The number of halogens is 1.